The number of aromatic nitrogens is 2. The van der Waals surface area contributed by atoms with Crippen molar-refractivity contribution in [1.82, 2.24) is 20.2 Å². The highest BCUT2D eigenvalue weighted by Crippen LogP contribution is 2.26. The Kier molecular flexibility index (Phi) is 5.59. The Morgan fingerprint density at radius 1 is 1.20 bits per heavy atom. The maximum absolute atomic E-state index is 13.5. The van der Waals surface area contributed by atoms with E-state index < -0.39 is 17.9 Å². The molecule has 0 aliphatic carbocycles. The molecule has 1 N–H and O–H groups in total. The van der Waals surface area contributed by atoms with Crippen LogP contribution in [0, 0.1) is 17.3 Å². The van der Waals surface area contributed by atoms with Crippen LogP contribution in [0.2, 0.25) is 0 Å². The lowest BCUT2D eigenvalue weighted by atomic mass is 10.0. The first-order chi connectivity index (χ1) is 14.6. The molecule has 2 aromatic heterocycles. The minimum atomic E-state index is -0.592. The number of pyridine rings is 2. The highest BCUT2D eigenvalue weighted by Gasteiger charge is 2.29. The molecular formula is C21H16FN5O2S. The van der Waals surface area contributed by atoms with Gasteiger partial charge in [-0.05, 0) is 35.4 Å². The van der Waals surface area contributed by atoms with Crippen molar-refractivity contribution >= 4 is 34.5 Å². The Morgan fingerprint density at radius 2 is 2.00 bits per heavy atom. The summed E-state index contributed by atoms with van der Waals surface area (Å²) in [5.41, 5.74) is 2.31. The number of thioether (sulfide) groups is 1. The van der Waals surface area contributed by atoms with E-state index in [0.29, 0.717) is 39.2 Å². The van der Waals surface area contributed by atoms with Crippen LogP contribution in [-0.4, -0.2) is 50.9 Å². The van der Waals surface area contributed by atoms with Gasteiger partial charge in [-0.2, -0.15) is 9.65 Å². The molecule has 0 radical (unpaired) electrons. The topological polar surface area (TPSA) is 99.0 Å². The number of carbonyl (C=O) groups excluding carboxylic acids is 2. The normalized spacial score (nSPS) is 15.7. The van der Waals surface area contributed by atoms with Crippen molar-refractivity contribution in [3.8, 4) is 17.2 Å². The van der Waals surface area contributed by atoms with E-state index in [-0.39, 0.29) is 12.5 Å². The van der Waals surface area contributed by atoms with E-state index in [0.717, 1.165) is 0 Å². The van der Waals surface area contributed by atoms with E-state index in [1.54, 1.807) is 30.3 Å². The molecule has 7 nitrogen and oxygen atoms in total. The van der Waals surface area contributed by atoms with Gasteiger partial charge >= 0.3 is 0 Å². The number of rotatable bonds is 4. The molecular weight excluding hydrogens is 405 g/mol. The maximum atomic E-state index is 13.5. The van der Waals surface area contributed by atoms with Gasteiger partial charge in [0.05, 0.1) is 29.6 Å². The van der Waals surface area contributed by atoms with Crippen molar-refractivity contribution in [2.45, 2.75) is 6.04 Å². The Bertz CT molecular complexity index is 1180. The van der Waals surface area contributed by atoms with Crippen LogP contribution in [0.15, 0.2) is 48.8 Å². The van der Waals surface area contributed by atoms with Gasteiger partial charge in [0, 0.05) is 29.6 Å². The number of nitrogens with one attached hydrogen (secondary N) is 1. The number of benzene rings is 1. The number of carbonyl (C=O) groups is 2. The highest BCUT2D eigenvalue weighted by atomic mass is 32.2. The zero-order chi connectivity index (χ0) is 21.1. The molecule has 9 heteroatoms. The lowest BCUT2D eigenvalue weighted by Gasteiger charge is -2.18. The lowest BCUT2D eigenvalue weighted by molar-refractivity contribution is -0.129. The number of hydrogen-bond acceptors (Lipinski definition) is 6. The quantitative estimate of drug-likeness (QED) is 0.650. The highest BCUT2D eigenvalue weighted by molar-refractivity contribution is 7.99. The van der Waals surface area contributed by atoms with E-state index in [2.05, 4.69) is 21.4 Å². The summed E-state index contributed by atoms with van der Waals surface area (Å²) in [6.07, 6.45) is 2.90. The molecule has 3 aromatic rings. The molecule has 1 aromatic carbocycles. The van der Waals surface area contributed by atoms with Crippen LogP contribution in [0.4, 0.5) is 4.39 Å². The molecule has 3 heterocycles. The Morgan fingerprint density at radius 3 is 2.80 bits per heavy atom. The molecule has 1 unspecified atom stereocenters. The molecule has 30 heavy (non-hydrogen) atoms. The summed E-state index contributed by atoms with van der Waals surface area (Å²) in [6, 6.07) is 11.5. The fourth-order valence-corrected chi connectivity index (χ4v) is 4.36. The minimum Gasteiger partial charge on any atom is -0.343 e. The second-order valence-electron chi connectivity index (χ2n) is 6.65. The second kappa shape index (κ2) is 8.47. The fourth-order valence-electron chi connectivity index (χ4n) is 3.25. The Labute approximate surface area is 175 Å². The van der Waals surface area contributed by atoms with Crippen molar-refractivity contribution in [1.29, 1.82) is 5.26 Å². The summed E-state index contributed by atoms with van der Waals surface area (Å²) >= 11 is 1.51. The molecule has 1 atom stereocenters. The average Bonchev–Trinajstić information content (AvgIpc) is 3.25. The summed E-state index contributed by atoms with van der Waals surface area (Å²) in [6.45, 7) is -0.198. The van der Waals surface area contributed by atoms with Gasteiger partial charge in [0.2, 0.25) is 11.9 Å². The van der Waals surface area contributed by atoms with Gasteiger partial charge in [-0.25, -0.2) is 4.98 Å². The van der Waals surface area contributed by atoms with Gasteiger partial charge in [0.1, 0.15) is 6.04 Å². The number of nitrogens with zero attached hydrogens (tertiary/aromatic N) is 4. The van der Waals surface area contributed by atoms with Crippen LogP contribution in [0.25, 0.3) is 22.0 Å². The molecule has 1 aliphatic rings. The van der Waals surface area contributed by atoms with Crippen LogP contribution >= 0.6 is 11.8 Å². The SMILES string of the molecule is N#CC1CSCN1C(=O)CNC(=O)c1ccnc2ccc(-c3ccnc(F)c3)cc12. The largest absolute Gasteiger partial charge is 0.343 e. The third-order valence-electron chi connectivity index (χ3n) is 4.80. The van der Waals surface area contributed by atoms with Gasteiger partial charge in [0.25, 0.3) is 5.91 Å². The van der Waals surface area contributed by atoms with Crippen molar-refractivity contribution < 1.29 is 14.0 Å². The van der Waals surface area contributed by atoms with Gasteiger partial charge in [0.15, 0.2) is 0 Å². The second-order valence-corrected chi connectivity index (χ2v) is 7.65. The summed E-state index contributed by atoms with van der Waals surface area (Å²) in [4.78, 5) is 34.5. The summed E-state index contributed by atoms with van der Waals surface area (Å²) in [5.74, 6) is -0.299. The Balaban J connectivity index is 1.57. The average molecular weight is 421 g/mol. The van der Waals surface area contributed by atoms with Crippen LogP contribution < -0.4 is 5.32 Å². The van der Waals surface area contributed by atoms with Crippen LogP contribution in [0.5, 0.6) is 0 Å². The summed E-state index contributed by atoms with van der Waals surface area (Å²) in [7, 11) is 0. The fraction of sp³-hybridized carbons (Fsp3) is 0.190. The van der Waals surface area contributed by atoms with Crippen LogP contribution in [0.3, 0.4) is 0 Å². The number of fused-ring (bicyclic) bond motifs is 1. The van der Waals surface area contributed by atoms with E-state index in [1.807, 2.05) is 0 Å². The lowest BCUT2D eigenvalue weighted by Crippen LogP contribution is -2.42. The minimum absolute atomic E-state index is 0.198. The molecule has 2 amide bonds. The first-order valence-electron chi connectivity index (χ1n) is 9.12. The first-order valence-corrected chi connectivity index (χ1v) is 10.3. The zero-order valence-electron chi connectivity index (χ0n) is 15.7. The van der Waals surface area contributed by atoms with E-state index in [1.165, 1.54) is 35.1 Å². The number of nitriles is 1. The monoisotopic (exact) mass is 421 g/mol. The maximum Gasteiger partial charge on any atom is 0.252 e. The van der Waals surface area contributed by atoms with E-state index in [9.17, 15) is 14.0 Å². The number of hydrogen-bond donors (Lipinski definition) is 1. The first kappa shape index (κ1) is 19.8. The third-order valence-corrected chi connectivity index (χ3v) is 5.81. The van der Waals surface area contributed by atoms with E-state index in [4.69, 9.17) is 5.26 Å². The van der Waals surface area contributed by atoms with Gasteiger partial charge in [-0.15, -0.1) is 11.8 Å². The van der Waals surface area contributed by atoms with Crippen LogP contribution in [-0.2, 0) is 4.79 Å². The molecule has 150 valence electrons. The third kappa shape index (κ3) is 3.95. The summed E-state index contributed by atoms with van der Waals surface area (Å²) < 4.78 is 13.5. The number of amides is 2. The van der Waals surface area contributed by atoms with Crippen LogP contribution in [0.1, 0.15) is 10.4 Å². The molecule has 0 bridgehead atoms. The summed E-state index contributed by atoms with van der Waals surface area (Å²) in [5, 5.41) is 12.3. The Hall–Kier alpha value is -3.51. The van der Waals surface area contributed by atoms with E-state index >= 15 is 0 Å². The zero-order valence-corrected chi connectivity index (χ0v) is 16.5. The molecule has 4 rings (SSSR count). The molecule has 1 aliphatic heterocycles. The predicted molar refractivity (Wildman–Crippen MR) is 111 cm³/mol. The van der Waals surface area contributed by atoms with Gasteiger partial charge in [-0.1, -0.05) is 6.07 Å². The smallest absolute Gasteiger partial charge is 0.252 e. The number of halogens is 1. The molecule has 0 saturated carbocycles. The molecule has 1 saturated heterocycles. The van der Waals surface area contributed by atoms with Gasteiger partial charge < -0.3 is 10.2 Å². The van der Waals surface area contributed by atoms with Crippen molar-refractivity contribution in [3.05, 3.63) is 60.3 Å². The molecule has 0 spiro atoms. The van der Waals surface area contributed by atoms with Crippen molar-refractivity contribution in [2.75, 3.05) is 18.2 Å². The van der Waals surface area contributed by atoms with Gasteiger partial charge in [-0.3, -0.25) is 14.6 Å². The van der Waals surface area contributed by atoms with Crippen molar-refractivity contribution in [2.24, 2.45) is 0 Å². The standard InChI is InChI=1S/C21H16FN5O2S/c22-19-8-14(3-5-25-19)13-1-2-18-17(7-13)16(4-6-24-18)21(29)26-10-20(28)27-12-30-11-15(27)9-23/h1-8,15H,10-12H2,(H,26,29). The van der Waals surface area contributed by atoms with Crippen molar-refractivity contribution in [3.63, 3.8) is 0 Å². The molecule has 1 fully saturated rings. The predicted octanol–water partition coefficient (Wildman–Crippen LogP) is 2.59.